The zero-order chi connectivity index (χ0) is 8.93. The number of halogens is 1. The summed E-state index contributed by atoms with van der Waals surface area (Å²) in [7, 11) is 0. The maximum Gasteiger partial charge on any atom is 0.0863 e. The van der Waals surface area contributed by atoms with Gasteiger partial charge >= 0.3 is 0 Å². The predicted molar refractivity (Wildman–Crippen MR) is 47.3 cm³/mol. The van der Waals surface area contributed by atoms with E-state index in [4.69, 9.17) is 16.3 Å². The SMILES string of the molecule is CC1(C)C(O)[C@H](Cl)[C@H]2CC[C@@H]1O2. The van der Waals surface area contributed by atoms with Gasteiger partial charge in [-0.15, -0.1) is 11.6 Å². The van der Waals surface area contributed by atoms with Crippen molar-refractivity contribution in [2.75, 3.05) is 0 Å². The van der Waals surface area contributed by atoms with Crippen LogP contribution in [0.3, 0.4) is 0 Å². The number of hydrogen-bond acceptors (Lipinski definition) is 2. The van der Waals surface area contributed by atoms with E-state index in [1.54, 1.807) is 0 Å². The maximum atomic E-state index is 9.87. The average Bonchev–Trinajstić information content (AvgIpc) is 2.46. The number of fused-ring (bicyclic) bond motifs is 2. The molecule has 1 unspecified atom stereocenters. The molecule has 12 heavy (non-hydrogen) atoms. The van der Waals surface area contributed by atoms with Crippen LogP contribution in [0, 0.1) is 5.41 Å². The van der Waals surface area contributed by atoms with Crippen LogP contribution in [0.2, 0.25) is 0 Å². The summed E-state index contributed by atoms with van der Waals surface area (Å²) in [5.41, 5.74) is -0.181. The van der Waals surface area contributed by atoms with Crippen LogP contribution >= 0.6 is 11.6 Å². The van der Waals surface area contributed by atoms with E-state index in [-0.39, 0.29) is 23.0 Å². The normalized spacial score (nSPS) is 51.0. The van der Waals surface area contributed by atoms with Crippen molar-refractivity contribution in [1.82, 2.24) is 0 Å². The summed E-state index contributed by atoms with van der Waals surface area (Å²) in [6.07, 6.45) is 1.90. The van der Waals surface area contributed by atoms with Crippen molar-refractivity contribution in [3.63, 3.8) is 0 Å². The Balaban J connectivity index is 2.26. The van der Waals surface area contributed by atoms with Gasteiger partial charge in [0.25, 0.3) is 0 Å². The van der Waals surface area contributed by atoms with Gasteiger partial charge in [0.2, 0.25) is 0 Å². The third-order valence-electron chi connectivity index (χ3n) is 3.30. The molecule has 4 atom stereocenters. The summed E-state index contributed by atoms with van der Waals surface area (Å²) in [6, 6.07) is 0. The first-order chi connectivity index (χ1) is 5.53. The van der Waals surface area contributed by atoms with Crippen LogP contribution in [-0.4, -0.2) is 28.8 Å². The van der Waals surface area contributed by atoms with Crippen molar-refractivity contribution < 1.29 is 9.84 Å². The topological polar surface area (TPSA) is 29.5 Å². The molecule has 0 aromatic rings. The largest absolute Gasteiger partial charge is 0.391 e. The van der Waals surface area contributed by atoms with Crippen LogP contribution in [0.1, 0.15) is 26.7 Å². The lowest BCUT2D eigenvalue weighted by molar-refractivity contribution is -0.134. The Morgan fingerprint density at radius 1 is 1.42 bits per heavy atom. The lowest BCUT2D eigenvalue weighted by atomic mass is 9.78. The zero-order valence-corrected chi connectivity index (χ0v) is 8.21. The molecule has 0 aliphatic carbocycles. The second kappa shape index (κ2) is 2.60. The molecule has 2 aliphatic heterocycles. The fraction of sp³-hybridized carbons (Fsp3) is 1.00. The number of rotatable bonds is 0. The minimum atomic E-state index is -0.426. The Kier molecular flexibility index (Phi) is 1.90. The van der Waals surface area contributed by atoms with Crippen molar-refractivity contribution in [3.8, 4) is 0 Å². The van der Waals surface area contributed by atoms with Crippen molar-refractivity contribution in [2.24, 2.45) is 5.41 Å². The quantitative estimate of drug-likeness (QED) is 0.588. The molecule has 2 fully saturated rings. The molecule has 2 rings (SSSR count). The molecule has 0 aromatic carbocycles. The van der Waals surface area contributed by atoms with E-state index in [9.17, 15) is 5.11 Å². The van der Waals surface area contributed by atoms with Crippen molar-refractivity contribution >= 4 is 11.6 Å². The van der Waals surface area contributed by atoms with Gasteiger partial charge in [0.1, 0.15) is 0 Å². The van der Waals surface area contributed by atoms with E-state index in [0.29, 0.717) is 0 Å². The highest BCUT2D eigenvalue weighted by molar-refractivity contribution is 6.21. The van der Waals surface area contributed by atoms with Crippen LogP contribution in [0.5, 0.6) is 0 Å². The molecule has 2 bridgehead atoms. The summed E-state index contributed by atoms with van der Waals surface area (Å²) in [4.78, 5) is 0. The van der Waals surface area contributed by atoms with E-state index in [1.165, 1.54) is 0 Å². The molecule has 0 spiro atoms. The van der Waals surface area contributed by atoms with Crippen LogP contribution in [0.25, 0.3) is 0 Å². The molecule has 0 amide bonds. The van der Waals surface area contributed by atoms with Crippen molar-refractivity contribution in [1.29, 1.82) is 0 Å². The fourth-order valence-electron chi connectivity index (χ4n) is 2.25. The molecule has 3 heteroatoms. The van der Waals surface area contributed by atoms with Gasteiger partial charge in [0, 0.05) is 5.41 Å². The highest BCUT2D eigenvalue weighted by Crippen LogP contribution is 2.46. The highest BCUT2D eigenvalue weighted by atomic mass is 35.5. The summed E-state index contributed by atoms with van der Waals surface area (Å²) in [5, 5.41) is 9.65. The third-order valence-corrected chi connectivity index (χ3v) is 3.82. The van der Waals surface area contributed by atoms with Crippen LogP contribution in [0.15, 0.2) is 0 Å². The molecular formula is C9H15ClO2. The predicted octanol–water partition coefficient (Wildman–Crippen LogP) is 1.54. The Morgan fingerprint density at radius 2 is 2.08 bits per heavy atom. The van der Waals surface area contributed by atoms with E-state index in [1.807, 2.05) is 13.8 Å². The third kappa shape index (κ3) is 1.02. The van der Waals surface area contributed by atoms with E-state index in [2.05, 4.69) is 0 Å². The fourth-order valence-corrected chi connectivity index (χ4v) is 2.76. The molecule has 2 aliphatic rings. The number of hydrogen-bond donors (Lipinski definition) is 1. The Hall–Kier alpha value is 0.210. The van der Waals surface area contributed by atoms with Gasteiger partial charge in [-0.3, -0.25) is 0 Å². The smallest absolute Gasteiger partial charge is 0.0863 e. The van der Waals surface area contributed by atoms with E-state index >= 15 is 0 Å². The van der Waals surface area contributed by atoms with Crippen LogP contribution < -0.4 is 0 Å². The first-order valence-corrected chi connectivity index (χ1v) is 4.94. The summed E-state index contributed by atoms with van der Waals surface area (Å²) < 4.78 is 5.70. The summed E-state index contributed by atoms with van der Waals surface area (Å²) >= 11 is 6.07. The number of alkyl halides is 1. The average molecular weight is 191 g/mol. The van der Waals surface area contributed by atoms with Gasteiger partial charge in [-0.1, -0.05) is 13.8 Å². The molecule has 2 nitrogen and oxygen atoms in total. The highest BCUT2D eigenvalue weighted by Gasteiger charge is 2.52. The lowest BCUT2D eigenvalue weighted by Crippen LogP contribution is -2.52. The first kappa shape index (κ1) is 8.79. The number of aliphatic hydroxyl groups excluding tert-OH is 1. The lowest BCUT2D eigenvalue weighted by Gasteiger charge is -2.43. The van der Waals surface area contributed by atoms with Gasteiger partial charge in [-0.25, -0.2) is 0 Å². The zero-order valence-electron chi connectivity index (χ0n) is 7.46. The molecule has 1 N–H and O–H groups in total. The number of aliphatic hydroxyl groups is 1. The van der Waals surface area contributed by atoms with Gasteiger partial charge in [0.15, 0.2) is 0 Å². The molecule has 0 radical (unpaired) electrons. The Bertz CT molecular complexity index is 193. The molecule has 2 saturated heterocycles. The van der Waals surface area contributed by atoms with E-state index in [0.717, 1.165) is 12.8 Å². The minimum absolute atomic E-state index is 0.0830. The van der Waals surface area contributed by atoms with Gasteiger partial charge in [0.05, 0.1) is 23.7 Å². The molecule has 0 saturated carbocycles. The summed E-state index contributed by atoms with van der Waals surface area (Å²) in [6.45, 7) is 4.05. The minimum Gasteiger partial charge on any atom is -0.391 e. The Labute approximate surface area is 77.9 Å². The summed E-state index contributed by atoms with van der Waals surface area (Å²) in [5.74, 6) is 0. The molecular weight excluding hydrogens is 176 g/mol. The van der Waals surface area contributed by atoms with E-state index < -0.39 is 6.10 Å². The molecule has 70 valence electrons. The van der Waals surface area contributed by atoms with Crippen LogP contribution in [-0.2, 0) is 4.74 Å². The standard InChI is InChI=1S/C9H15ClO2/c1-9(2)6-4-3-5(12-6)7(10)8(9)11/h5-8,11H,3-4H2,1-2H3/t5-,6+,7-,8?/m1/s1. The number of ether oxygens (including phenoxy) is 1. The first-order valence-electron chi connectivity index (χ1n) is 4.51. The Morgan fingerprint density at radius 3 is 2.75 bits per heavy atom. The second-order valence-corrected chi connectivity index (χ2v) is 4.96. The second-order valence-electron chi connectivity index (χ2n) is 4.45. The van der Waals surface area contributed by atoms with Crippen molar-refractivity contribution in [3.05, 3.63) is 0 Å². The molecule has 0 aromatic heterocycles. The van der Waals surface area contributed by atoms with Gasteiger partial charge in [-0.05, 0) is 12.8 Å². The van der Waals surface area contributed by atoms with Gasteiger partial charge in [-0.2, -0.15) is 0 Å². The van der Waals surface area contributed by atoms with Crippen LogP contribution in [0.4, 0.5) is 0 Å². The van der Waals surface area contributed by atoms with Crippen molar-refractivity contribution in [2.45, 2.75) is 50.4 Å². The maximum absolute atomic E-state index is 9.87. The molecule has 2 heterocycles. The monoisotopic (exact) mass is 190 g/mol. The van der Waals surface area contributed by atoms with Gasteiger partial charge < -0.3 is 9.84 Å².